The van der Waals surface area contributed by atoms with Crippen LogP contribution < -0.4 is 16.4 Å². The summed E-state index contributed by atoms with van der Waals surface area (Å²) in [5.74, 6) is 0.633. The van der Waals surface area contributed by atoms with Gasteiger partial charge in [0.25, 0.3) is 5.91 Å². The predicted molar refractivity (Wildman–Crippen MR) is 83.6 cm³/mol. The maximum Gasteiger partial charge on any atom is 0.265 e. The Kier molecular flexibility index (Phi) is 4.98. The second-order valence-electron chi connectivity index (χ2n) is 5.09. The molecule has 1 aliphatic carbocycles. The topological polar surface area (TPSA) is 97.1 Å². The lowest BCUT2D eigenvalue weighted by molar-refractivity contribution is 0.0944. The molecule has 8 heteroatoms. The van der Waals surface area contributed by atoms with Crippen LogP contribution in [-0.4, -0.2) is 39.2 Å². The summed E-state index contributed by atoms with van der Waals surface area (Å²) in [6.07, 6.45) is 4.63. The van der Waals surface area contributed by atoms with E-state index in [9.17, 15) is 9.00 Å². The van der Waals surface area contributed by atoms with E-state index < -0.39 is 10.8 Å². The molecular formula is C12H20N4O2S2. The Morgan fingerprint density at radius 1 is 1.60 bits per heavy atom. The number of thiazole rings is 1. The zero-order valence-electron chi connectivity index (χ0n) is 11.6. The van der Waals surface area contributed by atoms with Gasteiger partial charge in [0.15, 0.2) is 5.13 Å². The first-order valence-electron chi connectivity index (χ1n) is 6.59. The van der Waals surface area contributed by atoms with Crippen molar-refractivity contribution >= 4 is 39.0 Å². The van der Waals surface area contributed by atoms with Crippen LogP contribution in [0.1, 0.15) is 35.9 Å². The number of aromatic nitrogens is 1. The molecule has 1 aliphatic rings. The summed E-state index contributed by atoms with van der Waals surface area (Å²) in [6.45, 7) is 1.89. The molecular weight excluding hydrogens is 296 g/mol. The van der Waals surface area contributed by atoms with E-state index in [4.69, 9.17) is 5.73 Å². The van der Waals surface area contributed by atoms with Crippen molar-refractivity contribution in [3.8, 4) is 0 Å². The SMILES string of the molecule is CC(CCS(C)=O)NC(=O)c1sc(NC2CC2)nc1N. The van der Waals surface area contributed by atoms with Gasteiger partial charge in [0.1, 0.15) is 10.7 Å². The first-order valence-corrected chi connectivity index (χ1v) is 9.13. The molecule has 0 bridgehead atoms. The van der Waals surface area contributed by atoms with Gasteiger partial charge in [-0.05, 0) is 26.2 Å². The molecule has 4 N–H and O–H groups in total. The number of rotatable bonds is 7. The Morgan fingerprint density at radius 3 is 2.90 bits per heavy atom. The average Bonchev–Trinajstić information content (AvgIpc) is 3.09. The summed E-state index contributed by atoms with van der Waals surface area (Å²) in [4.78, 5) is 16.7. The third-order valence-electron chi connectivity index (χ3n) is 2.98. The van der Waals surface area contributed by atoms with Gasteiger partial charge in [-0.1, -0.05) is 11.3 Å². The minimum absolute atomic E-state index is 0.0345. The molecule has 6 nitrogen and oxygen atoms in total. The number of anilines is 2. The molecule has 2 atom stereocenters. The van der Waals surface area contributed by atoms with Gasteiger partial charge in [0, 0.05) is 34.9 Å². The zero-order chi connectivity index (χ0) is 14.7. The standard InChI is InChI=1S/C12H20N4O2S2/c1-7(5-6-20(2)18)14-11(17)9-10(13)16-12(19-9)15-8-3-4-8/h7-8H,3-6,13H2,1-2H3,(H,14,17)(H,15,16). The number of nitrogens with zero attached hydrogens (tertiary/aromatic N) is 1. The number of carbonyl (C=O) groups excluding carboxylic acids is 1. The molecule has 1 heterocycles. The summed E-state index contributed by atoms with van der Waals surface area (Å²) in [5.41, 5.74) is 5.79. The van der Waals surface area contributed by atoms with Crippen molar-refractivity contribution in [2.75, 3.05) is 23.1 Å². The first kappa shape index (κ1) is 15.2. The lowest BCUT2D eigenvalue weighted by Gasteiger charge is -2.12. The van der Waals surface area contributed by atoms with Crippen LogP contribution in [0, 0.1) is 0 Å². The van der Waals surface area contributed by atoms with Crippen molar-refractivity contribution < 1.29 is 9.00 Å². The predicted octanol–water partition coefficient (Wildman–Crippen LogP) is 1.19. The van der Waals surface area contributed by atoms with Gasteiger partial charge >= 0.3 is 0 Å². The van der Waals surface area contributed by atoms with Gasteiger partial charge in [-0.25, -0.2) is 4.98 Å². The van der Waals surface area contributed by atoms with Crippen LogP contribution in [0.5, 0.6) is 0 Å². The van der Waals surface area contributed by atoms with Crippen LogP contribution >= 0.6 is 11.3 Å². The second kappa shape index (κ2) is 6.53. The minimum Gasteiger partial charge on any atom is -0.382 e. The van der Waals surface area contributed by atoms with Gasteiger partial charge in [-0.2, -0.15) is 0 Å². The molecule has 1 saturated carbocycles. The number of nitrogens with one attached hydrogen (secondary N) is 2. The zero-order valence-corrected chi connectivity index (χ0v) is 13.3. The molecule has 1 aromatic rings. The Hall–Kier alpha value is -1.15. The highest BCUT2D eigenvalue weighted by molar-refractivity contribution is 7.84. The summed E-state index contributed by atoms with van der Waals surface area (Å²) in [5, 5.41) is 6.80. The van der Waals surface area contributed by atoms with Gasteiger partial charge in [-0.3, -0.25) is 9.00 Å². The lowest BCUT2D eigenvalue weighted by Crippen LogP contribution is -2.33. The molecule has 0 saturated heterocycles. The smallest absolute Gasteiger partial charge is 0.265 e. The molecule has 0 aromatic carbocycles. The minimum atomic E-state index is -0.841. The third-order valence-corrected chi connectivity index (χ3v) is 4.79. The molecule has 2 unspecified atom stereocenters. The van der Waals surface area contributed by atoms with E-state index in [-0.39, 0.29) is 17.8 Å². The summed E-state index contributed by atoms with van der Waals surface area (Å²) < 4.78 is 11.0. The highest BCUT2D eigenvalue weighted by atomic mass is 32.2. The van der Waals surface area contributed by atoms with E-state index in [0.717, 1.165) is 12.8 Å². The number of hydrogen-bond acceptors (Lipinski definition) is 6. The highest BCUT2D eigenvalue weighted by Crippen LogP contribution is 2.30. The maximum atomic E-state index is 12.1. The molecule has 0 aliphatic heterocycles. The van der Waals surface area contributed by atoms with E-state index in [1.165, 1.54) is 11.3 Å². The summed E-state index contributed by atoms with van der Waals surface area (Å²) in [7, 11) is -0.841. The molecule has 20 heavy (non-hydrogen) atoms. The van der Waals surface area contributed by atoms with Crippen molar-refractivity contribution in [3.63, 3.8) is 0 Å². The van der Waals surface area contributed by atoms with Crippen LogP contribution in [0.2, 0.25) is 0 Å². The number of hydrogen-bond donors (Lipinski definition) is 3. The molecule has 1 fully saturated rings. The highest BCUT2D eigenvalue weighted by Gasteiger charge is 2.24. The van der Waals surface area contributed by atoms with Crippen LogP contribution in [0.25, 0.3) is 0 Å². The fourth-order valence-corrected chi connectivity index (χ4v) is 3.21. The Balaban J connectivity index is 1.90. The molecule has 2 rings (SSSR count). The molecule has 1 aromatic heterocycles. The number of nitrogens with two attached hydrogens (primary N) is 1. The van der Waals surface area contributed by atoms with Crippen molar-refractivity contribution in [2.24, 2.45) is 0 Å². The van der Waals surface area contributed by atoms with Gasteiger partial charge in [-0.15, -0.1) is 0 Å². The largest absolute Gasteiger partial charge is 0.382 e. The quantitative estimate of drug-likeness (QED) is 0.702. The van der Waals surface area contributed by atoms with Crippen molar-refractivity contribution in [2.45, 2.75) is 38.3 Å². The Bertz CT molecular complexity index is 514. The van der Waals surface area contributed by atoms with E-state index in [1.807, 2.05) is 6.92 Å². The fourth-order valence-electron chi connectivity index (χ4n) is 1.66. The van der Waals surface area contributed by atoms with Crippen molar-refractivity contribution in [1.82, 2.24) is 10.3 Å². The van der Waals surface area contributed by atoms with E-state index >= 15 is 0 Å². The van der Waals surface area contributed by atoms with Gasteiger partial charge in [0.05, 0.1) is 0 Å². The first-order chi connectivity index (χ1) is 9.45. The molecule has 0 radical (unpaired) electrons. The average molecular weight is 316 g/mol. The van der Waals surface area contributed by atoms with Crippen LogP contribution in [0.3, 0.4) is 0 Å². The maximum absolute atomic E-state index is 12.1. The molecule has 112 valence electrons. The lowest BCUT2D eigenvalue weighted by atomic mass is 10.2. The number of amides is 1. The van der Waals surface area contributed by atoms with E-state index in [2.05, 4.69) is 15.6 Å². The Labute approximate surface area is 125 Å². The van der Waals surface area contributed by atoms with Crippen LogP contribution in [0.4, 0.5) is 10.9 Å². The summed E-state index contributed by atoms with van der Waals surface area (Å²) >= 11 is 1.28. The van der Waals surface area contributed by atoms with Crippen molar-refractivity contribution in [3.05, 3.63) is 4.88 Å². The normalized spacial score (nSPS) is 17.5. The van der Waals surface area contributed by atoms with Crippen molar-refractivity contribution in [1.29, 1.82) is 0 Å². The summed E-state index contributed by atoms with van der Waals surface area (Å²) in [6, 6.07) is 0.447. The number of carbonyl (C=O) groups is 1. The second-order valence-corrected chi connectivity index (χ2v) is 7.65. The third kappa shape index (κ3) is 4.45. The van der Waals surface area contributed by atoms with Crippen LogP contribution in [-0.2, 0) is 10.8 Å². The van der Waals surface area contributed by atoms with Gasteiger partial charge in [0.2, 0.25) is 0 Å². The number of nitrogen functional groups attached to an aromatic ring is 1. The molecule has 0 spiro atoms. The Morgan fingerprint density at radius 2 is 2.30 bits per heavy atom. The van der Waals surface area contributed by atoms with E-state index in [0.29, 0.717) is 28.2 Å². The van der Waals surface area contributed by atoms with E-state index in [1.54, 1.807) is 6.26 Å². The fraction of sp³-hybridized carbons (Fsp3) is 0.667. The monoisotopic (exact) mass is 316 g/mol. The van der Waals surface area contributed by atoms with Crippen LogP contribution in [0.15, 0.2) is 0 Å². The molecule has 1 amide bonds. The van der Waals surface area contributed by atoms with Gasteiger partial charge < -0.3 is 16.4 Å².